The molecular weight excluding hydrogens is 242 g/mol. The van der Waals surface area contributed by atoms with Crippen molar-refractivity contribution in [2.45, 2.75) is 51.7 Å². The lowest BCUT2D eigenvalue weighted by Crippen LogP contribution is -2.44. The maximum atomic E-state index is 12.0. The first-order valence-corrected chi connectivity index (χ1v) is 6.28. The number of carbonyl (C=O) groups excluding carboxylic acids is 1. The molecule has 1 rings (SSSR count). The molecule has 0 unspecified atom stereocenters. The van der Waals surface area contributed by atoms with Gasteiger partial charge in [-0.2, -0.15) is 0 Å². The van der Waals surface area contributed by atoms with E-state index in [4.69, 9.17) is 4.74 Å². The first kappa shape index (κ1) is 15.1. The average molecular weight is 264 g/mol. The zero-order valence-corrected chi connectivity index (χ0v) is 11.2. The molecule has 1 N–H and O–H groups in total. The van der Waals surface area contributed by atoms with Gasteiger partial charge in [-0.05, 0) is 33.6 Å². The van der Waals surface area contributed by atoms with Crippen molar-refractivity contribution in [3.63, 3.8) is 0 Å². The SMILES string of the molecule is CC(C)(C)OC(=O)N1CCC[C@H]1CNCC(F)F. The molecule has 0 spiro atoms. The van der Waals surface area contributed by atoms with Gasteiger partial charge in [0.2, 0.25) is 0 Å². The smallest absolute Gasteiger partial charge is 0.410 e. The predicted octanol–water partition coefficient (Wildman–Crippen LogP) is 2.24. The van der Waals surface area contributed by atoms with Gasteiger partial charge < -0.3 is 15.0 Å². The third-order valence-electron chi connectivity index (χ3n) is 2.68. The van der Waals surface area contributed by atoms with E-state index < -0.39 is 12.0 Å². The zero-order chi connectivity index (χ0) is 13.8. The monoisotopic (exact) mass is 264 g/mol. The summed E-state index contributed by atoms with van der Waals surface area (Å²) in [5.74, 6) is 0. The van der Waals surface area contributed by atoms with E-state index in [1.165, 1.54) is 0 Å². The van der Waals surface area contributed by atoms with E-state index in [0.29, 0.717) is 13.1 Å². The fourth-order valence-corrected chi connectivity index (χ4v) is 1.97. The largest absolute Gasteiger partial charge is 0.444 e. The van der Waals surface area contributed by atoms with Crippen molar-refractivity contribution in [3.05, 3.63) is 0 Å². The highest BCUT2D eigenvalue weighted by Gasteiger charge is 2.31. The van der Waals surface area contributed by atoms with Gasteiger partial charge in [-0.15, -0.1) is 0 Å². The zero-order valence-electron chi connectivity index (χ0n) is 11.2. The molecule has 0 saturated carbocycles. The average Bonchev–Trinajstić information content (AvgIpc) is 2.62. The van der Waals surface area contributed by atoms with Crippen molar-refractivity contribution in [3.8, 4) is 0 Å². The lowest BCUT2D eigenvalue weighted by Gasteiger charge is -2.28. The molecule has 6 heteroatoms. The maximum absolute atomic E-state index is 12.0. The molecule has 4 nitrogen and oxygen atoms in total. The Balaban J connectivity index is 2.41. The molecule has 0 aromatic heterocycles. The van der Waals surface area contributed by atoms with Crippen molar-refractivity contribution in [2.75, 3.05) is 19.6 Å². The molecular formula is C12H22F2N2O2. The summed E-state index contributed by atoms with van der Waals surface area (Å²) in [5.41, 5.74) is -0.527. The molecule has 1 saturated heterocycles. The highest BCUT2D eigenvalue weighted by atomic mass is 19.3. The third-order valence-corrected chi connectivity index (χ3v) is 2.68. The molecule has 0 radical (unpaired) electrons. The van der Waals surface area contributed by atoms with Crippen LogP contribution in [-0.2, 0) is 4.74 Å². The number of rotatable bonds is 4. The minimum Gasteiger partial charge on any atom is -0.444 e. The van der Waals surface area contributed by atoms with Crippen molar-refractivity contribution < 1.29 is 18.3 Å². The summed E-state index contributed by atoms with van der Waals surface area (Å²) < 4.78 is 29.3. The molecule has 1 amide bonds. The van der Waals surface area contributed by atoms with Crippen LogP contribution in [0.25, 0.3) is 0 Å². The number of halogens is 2. The number of hydrogen-bond donors (Lipinski definition) is 1. The van der Waals surface area contributed by atoms with E-state index in [1.54, 1.807) is 4.90 Å². The van der Waals surface area contributed by atoms with E-state index in [1.807, 2.05) is 20.8 Å². The number of alkyl halides is 2. The quantitative estimate of drug-likeness (QED) is 0.846. The van der Waals surface area contributed by atoms with Crippen LogP contribution in [0.5, 0.6) is 0 Å². The number of nitrogens with zero attached hydrogens (tertiary/aromatic N) is 1. The van der Waals surface area contributed by atoms with Crippen LogP contribution >= 0.6 is 0 Å². The molecule has 1 aliphatic rings. The Labute approximate surface area is 107 Å². The summed E-state index contributed by atoms with van der Waals surface area (Å²) in [7, 11) is 0. The normalized spacial score (nSPS) is 20.6. The summed E-state index contributed by atoms with van der Waals surface area (Å²) >= 11 is 0. The number of nitrogens with one attached hydrogen (secondary N) is 1. The van der Waals surface area contributed by atoms with Crippen LogP contribution in [0, 0.1) is 0 Å². The number of amides is 1. The van der Waals surface area contributed by atoms with Crippen molar-refractivity contribution in [2.24, 2.45) is 0 Å². The second-order valence-corrected chi connectivity index (χ2v) is 5.52. The maximum Gasteiger partial charge on any atom is 0.410 e. The summed E-state index contributed by atoms with van der Waals surface area (Å²) in [5, 5.41) is 2.68. The Morgan fingerprint density at radius 1 is 1.50 bits per heavy atom. The van der Waals surface area contributed by atoms with Crippen molar-refractivity contribution in [1.29, 1.82) is 0 Å². The van der Waals surface area contributed by atoms with Crippen LogP contribution in [0.3, 0.4) is 0 Å². The van der Waals surface area contributed by atoms with E-state index >= 15 is 0 Å². The lowest BCUT2D eigenvalue weighted by atomic mass is 10.2. The van der Waals surface area contributed by atoms with Gasteiger partial charge in [0.25, 0.3) is 6.43 Å². The van der Waals surface area contributed by atoms with Crippen LogP contribution in [-0.4, -0.2) is 48.7 Å². The molecule has 0 aromatic rings. The molecule has 1 heterocycles. The lowest BCUT2D eigenvalue weighted by molar-refractivity contribution is 0.0224. The fraction of sp³-hybridized carbons (Fsp3) is 0.917. The van der Waals surface area contributed by atoms with Crippen LogP contribution in [0.1, 0.15) is 33.6 Å². The first-order valence-electron chi connectivity index (χ1n) is 6.28. The van der Waals surface area contributed by atoms with E-state index in [0.717, 1.165) is 12.8 Å². The number of hydrogen-bond acceptors (Lipinski definition) is 3. The van der Waals surface area contributed by atoms with Gasteiger partial charge in [-0.1, -0.05) is 0 Å². The second-order valence-electron chi connectivity index (χ2n) is 5.52. The minimum atomic E-state index is -2.36. The summed E-state index contributed by atoms with van der Waals surface area (Å²) in [6, 6.07) is -0.0430. The molecule has 18 heavy (non-hydrogen) atoms. The number of likely N-dealkylation sites (tertiary alicyclic amines) is 1. The second kappa shape index (κ2) is 6.31. The van der Waals surface area contributed by atoms with Gasteiger partial charge in [-0.3, -0.25) is 0 Å². The Kier molecular flexibility index (Phi) is 5.31. The Hall–Kier alpha value is -0.910. The van der Waals surface area contributed by atoms with Crippen LogP contribution in [0.15, 0.2) is 0 Å². The van der Waals surface area contributed by atoms with Crippen LogP contribution in [0.2, 0.25) is 0 Å². The van der Waals surface area contributed by atoms with E-state index in [9.17, 15) is 13.6 Å². The van der Waals surface area contributed by atoms with E-state index in [-0.39, 0.29) is 18.7 Å². The van der Waals surface area contributed by atoms with Crippen molar-refractivity contribution in [1.82, 2.24) is 10.2 Å². The standard InChI is InChI=1S/C12H22F2N2O2/c1-12(2,3)18-11(17)16-6-4-5-9(16)7-15-8-10(13)14/h9-10,15H,4-8H2,1-3H3/t9-/m0/s1. The third kappa shape index (κ3) is 5.16. The summed E-state index contributed by atoms with van der Waals surface area (Å²) in [6.45, 7) is 6.12. The first-order chi connectivity index (χ1) is 8.29. The van der Waals surface area contributed by atoms with Gasteiger partial charge in [0.1, 0.15) is 5.60 Å². The molecule has 0 bridgehead atoms. The summed E-state index contributed by atoms with van der Waals surface area (Å²) in [4.78, 5) is 13.5. The number of ether oxygens (including phenoxy) is 1. The fourth-order valence-electron chi connectivity index (χ4n) is 1.97. The molecule has 1 atom stereocenters. The van der Waals surface area contributed by atoms with Crippen LogP contribution < -0.4 is 5.32 Å². The summed E-state index contributed by atoms with van der Waals surface area (Å²) in [6.07, 6.45) is -0.999. The highest BCUT2D eigenvalue weighted by molar-refractivity contribution is 5.69. The topological polar surface area (TPSA) is 41.6 Å². The molecule has 1 fully saturated rings. The van der Waals surface area contributed by atoms with Crippen molar-refractivity contribution >= 4 is 6.09 Å². The van der Waals surface area contributed by atoms with Gasteiger partial charge in [0, 0.05) is 19.1 Å². The Morgan fingerprint density at radius 2 is 2.17 bits per heavy atom. The van der Waals surface area contributed by atoms with E-state index in [2.05, 4.69) is 5.32 Å². The molecule has 0 aromatic carbocycles. The van der Waals surface area contributed by atoms with Gasteiger partial charge in [0.15, 0.2) is 0 Å². The minimum absolute atomic E-state index is 0.0430. The number of carbonyl (C=O) groups is 1. The molecule has 0 aliphatic carbocycles. The molecule has 1 aliphatic heterocycles. The van der Waals surface area contributed by atoms with Crippen LogP contribution in [0.4, 0.5) is 13.6 Å². The molecule has 106 valence electrons. The predicted molar refractivity (Wildman–Crippen MR) is 64.8 cm³/mol. The Morgan fingerprint density at radius 3 is 2.72 bits per heavy atom. The van der Waals surface area contributed by atoms with Gasteiger partial charge in [-0.25, -0.2) is 13.6 Å². The Bertz CT molecular complexity index is 280. The van der Waals surface area contributed by atoms with Gasteiger partial charge >= 0.3 is 6.09 Å². The highest BCUT2D eigenvalue weighted by Crippen LogP contribution is 2.20. The van der Waals surface area contributed by atoms with Gasteiger partial charge in [0.05, 0.1) is 6.54 Å².